The maximum absolute atomic E-state index is 12.5. The molecule has 0 bridgehead atoms. The fraction of sp³-hybridized carbons (Fsp3) is 0.833. The van der Waals surface area contributed by atoms with E-state index in [0.717, 1.165) is 0 Å². The molecular weight excluding hydrogens is 738 g/mol. The predicted molar refractivity (Wildman–Crippen MR) is 94.7 cm³/mol. The topological polar surface area (TPSA) is 213 Å². The van der Waals surface area contributed by atoms with Gasteiger partial charge in [0.2, 0.25) is 0 Å². The molecule has 0 aromatic heterocycles. The molecule has 44 heavy (non-hydrogen) atoms. The van der Waals surface area contributed by atoms with Gasteiger partial charge >= 0.3 is 78.7 Å². The zero-order chi connectivity index (χ0) is 37.0. The van der Waals surface area contributed by atoms with Gasteiger partial charge in [0, 0.05) is 0 Å². The van der Waals surface area contributed by atoms with E-state index < -0.39 is 78.7 Å². The van der Waals surface area contributed by atoms with Crippen LogP contribution in [-0.2, 0) is 38.4 Å². The van der Waals surface area contributed by atoms with Crippen LogP contribution in [0.5, 0.6) is 0 Å². The molecule has 0 radical (unpaired) electrons. The van der Waals surface area contributed by atoms with Crippen molar-refractivity contribution in [2.45, 2.75) is 59.4 Å². The summed E-state index contributed by atoms with van der Waals surface area (Å²) in [4.78, 5) is 19.3. The van der Waals surface area contributed by atoms with Gasteiger partial charge in [-0.2, -0.15) is 116 Å². The van der Waals surface area contributed by atoms with Crippen LogP contribution in [0.4, 0.5) is 79.0 Å². The van der Waals surface area contributed by atoms with Crippen molar-refractivity contribution in [3.63, 3.8) is 0 Å². The lowest BCUT2D eigenvalue weighted by Gasteiger charge is -2.32. The van der Waals surface area contributed by atoms with Crippen LogP contribution in [0.2, 0.25) is 0 Å². The highest BCUT2D eigenvalue weighted by Crippen LogP contribution is 2.56. The monoisotopic (exact) mass is 748 g/mol. The summed E-state index contributed by atoms with van der Waals surface area (Å²) >= 11 is 0. The van der Waals surface area contributed by atoms with E-state index in [9.17, 15) is 105 Å². The number of hydrogen-bond acceptors (Lipinski definition) is 10. The van der Waals surface area contributed by atoms with Gasteiger partial charge < -0.3 is 10.2 Å². The van der Waals surface area contributed by atoms with Gasteiger partial charge in [-0.25, -0.2) is 0 Å². The summed E-state index contributed by atoms with van der Waals surface area (Å²) in [5, 5.41) is 2.01. The van der Waals surface area contributed by atoms with E-state index >= 15 is 0 Å². The van der Waals surface area contributed by atoms with Gasteiger partial charge in [0.05, 0.1) is 12.8 Å². The average molecular weight is 748 g/mol. The highest BCUT2D eigenvalue weighted by atomic mass is 32.2. The van der Waals surface area contributed by atoms with E-state index in [-0.39, 0.29) is 12.8 Å². The lowest BCUT2D eigenvalue weighted by atomic mass is 10.1. The molecule has 0 saturated carbocycles. The number of aliphatic carboxylic acids is 2. The Morgan fingerprint density at radius 3 is 0.773 bits per heavy atom. The molecule has 6 N–H and O–H groups in total. The van der Waals surface area contributed by atoms with E-state index in [4.69, 9.17) is 10.2 Å². The van der Waals surface area contributed by atoms with Crippen molar-refractivity contribution >= 4 is 32.2 Å². The molecule has 0 heterocycles. The summed E-state index contributed by atoms with van der Waals surface area (Å²) in [6, 6.07) is 0. The number of hydrogen-bond donors (Lipinski definition) is 4. The van der Waals surface area contributed by atoms with Crippen molar-refractivity contribution in [1.82, 2.24) is 0 Å². The Morgan fingerprint density at radius 2 is 0.659 bits per heavy atom. The quantitative estimate of drug-likeness (QED) is 0.177. The van der Waals surface area contributed by atoms with Gasteiger partial charge in [-0.15, -0.1) is 0 Å². The van der Waals surface area contributed by atoms with Crippen LogP contribution in [-0.4, -0.2) is 85.5 Å². The lowest BCUT2D eigenvalue weighted by Crippen LogP contribution is -2.63. The van der Waals surface area contributed by atoms with Crippen molar-refractivity contribution in [2.75, 3.05) is 0 Å². The molecule has 0 aromatic rings. The number of carbonyl (C=O) groups is 2. The van der Waals surface area contributed by atoms with Crippen molar-refractivity contribution in [3.05, 3.63) is 0 Å². The summed E-state index contributed by atoms with van der Waals surface area (Å²) in [7, 11) is -13.8. The van der Waals surface area contributed by atoms with Crippen molar-refractivity contribution < 1.29 is 124 Å². The van der Waals surface area contributed by atoms with E-state index in [1.807, 2.05) is 0 Å². The highest BCUT2D eigenvalue weighted by Gasteiger charge is 2.87. The molecule has 0 rings (SSSR count). The Bertz CT molecular complexity index is 1120. The second-order valence-corrected chi connectivity index (χ2v) is 9.94. The van der Waals surface area contributed by atoms with E-state index in [1.54, 1.807) is 0 Å². The summed E-state index contributed by atoms with van der Waals surface area (Å²) in [5.74, 6) is -24.2. The molecule has 0 aliphatic carbocycles. The fourth-order valence-corrected chi connectivity index (χ4v) is 2.50. The molecule has 32 heteroatoms. The molecule has 0 aliphatic rings. The summed E-state index contributed by atoms with van der Waals surface area (Å²) in [6.07, 6.45) is -14.8. The number of carboxylic acid groups (broad SMARTS) is 2. The van der Waals surface area contributed by atoms with Crippen LogP contribution in [0, 0.1) is 0 Å². The second-order valence-electron chi connectivity index (χ2n) is 6.71. The van der Waals surface area contributed by atoms with Gasteiger partial charge in [0.1, 0.15) is 0 Å². The lowest BCUT2D eigenvalue weighted by molar-refractivity contribution is -0.383. The first kappa shape index (κ1) is 45.8. The zero-order valence-corrected chi connectivity index (χ0v) is 21.0. The van der Waals surface area contributed by atoms with E-state index in [2.05, 4.69) is 20.4 Å². The minimum absolute atomic E-state index is 0.296. The molecule has 0 amide bonds. The third-order valence-corrected chi connectivity index (χ3v) is 5.94. The van der Waals surface area contributed by atoms with Crippen LogP contribution in [0.3, 0.4) is 0 Å². The molecule has 266 valence electrons. The number of alkyl halides is 18. The van der Waals surface area contributed by atoms with Crippen LogP contribution in [0.25, 0.3) is 0 Å². The molecular formula is C12H10F18N2O10S2. The van der Waals surface area contributed by atoms with Gasteiger partial charge in [0.15, 0.2) is 0 Å². The first-order valence-electron chi connectivity index (χ1n) is 8.84. The van der Waals surface area contributed by atoms with Crippen molar-refractivity contribution in [1.29, 1.82) is 0 Å². The molecule has 0 fully saturated rings. The maximum Gasteiger partial charge on any atom is 0.460 e. The van der Waals surface area contributed by atoms with Gasteiger partial charge in [-0.3, -0.25) is 9.59 Å². The summed E-state index contributed by atoms with van der Waals surface area (Å²) in [6.45, 7) is 0. The van der Waals surface area contributed by atoms with E-state index in [1.165, 1.54) is 0 Å². The first-order chi connectivity index (χ1) is 18.7. The number of nitrogens with two attached hydrogens (primary N) is 2. The molecule has 0 unspecified atom stereocenters. The molecule has 0 aliphatic heterocycles. The number of halogens is 18. The molecule has 0 aromatic carbocycles. The minimum Gasteiger partial charge on any atom is -0.481 e. The third kappa shape index (κ3) is 9.00. The molecule has 0 saturated heterocycles. The van der Waals surface area contributed by atoms with Crippen LogP contribution >= 0.6 is 0 Å². The normalized spacial score (nSPS) is 14.5. The SMILES string of the molecule is NOS(=O)(=O)C(F)(F)C(F)(F)C(F)(F)C(F)(F)F.NOS(=O)(=O)C(F)(F)C(F)(F)C(F)(F)C(F)(F)F.O=C(O)CCC(=O)O. The van der Waals surface area contributed by atoms with Crippen LogP contribution < -0.4 is 11.8 Å². The second kappa shape index (κ2) is 13.8. The van der Waals surface area contributed by atoms with Gasteiger partial charge in [-0.1, -0.05) is 0 Å². The van der Waals surface area contributed by atoms with E-state index in [0.29, 0.717) is 0 Å². The average Bonchev–Trinajstić information content (AvgIpc) is 2.81. The van der Waals surface area contributed by atoms with Crippen molar-refractivity contribution in [2.24, 2.45) is 11.8 Å². The number of carboxylic acids is 2. The van der Waals surface area contributed by atoms with Gasteiger partial charge in [-0.05, 0) is 0 Å². The summed E-state index contributed by atoms with van der Waals surface area (Å²) in [5.41, 5.74) is 0. The van der Waals surface area contributed by atoms with Crippen molar-refractivity contribution in [3.8, 4) is 0 Å². The minimum atomic E-state index is -7.32. The summed E-state index contributed by atoms with van der Waals surface area (Å²) < 4.78 is 263. The number of rotatable bonds is 11. The Morgan fingerprint density at radius 1 is 0.477 bits per heavy atom. The standard InChI is InChI=1S/2C4H2F9NO3S.C4H6O4/c2*5-1(6,3(9,10)11)2(7,8)4(12,13)18(15,16)17-14;5-3(6)1-2-4(7)8/h2*14H2;1-2H2,(H,5,6)(H,7,8). The Balaban J connectivity index is -0.000000616. The zero-order valence-electron chi connectivity index (χ0n) is 19.3. The Hall–Kier alpha value is -2.58. The van der Waals surface area contributed by atoms with Crippen LogP contribution in [0.15, 0.2) is 0 Å². The Labute approximate surface area is 228 Å². The molecule has 0 atom stereocenters. The third-order valence-electron chi connectivity index (χ3n) is 3.67. The largest absolute Gasteiger partial charge is 0.481 e. The Kier molecular flexibility index (Phi) is 14.4. The van der Waals surface area contributed by atoms with Gasteiger partial charge in [0.25, 0.3) is 0 Å². The van der Waals surface area contributed by atoms with Crippen LogP contribution in [0.1, 0.15) is 12.8 Å². The predicted octanol–water partition coefficient (Wildman–Crippen LogP) is 3.20. The smallest absolute Gasteiger partial charge is 0.460 e. The molecule has 12 nitrogen and oxygen atoms in total. The maximum atomic E-state index is 12.5. The fourth-order valence-electron chi connectivity index (χ4n) is 1.37. The first-order valence-corrected chi connectivity index (χ1v) is 11.7. The highest BCUT2D eigenvalue weighted by molar-refractivity contribution is 7.88. The molecule has 0 spiro atoms.